The predicted octanol–water partition coefficient (Wildman–Crippen LogP) is 3.61. The van der Waals surface area contributed by atoms with Crippen molar-refractivity contribution in [2.75, 3.05) is 0 Å². The maximum atomic E-state index is 13.4. The highest BCUT2D eigenvalue weighted by Gasteiger charge is 2.36. The van der Waals surface area contributed by atoms with Crippen molar-refractivity contribution in [2.24, 2.45) is 0 Å². The second-order valence-electron chi connectivity index (χ2n) is 6.65. The molecule has 0 radical (unpaired) electrons. The minimum Gasteiger partial charge on any atom is -0.440 e. The molecule has 136 valence electrons. The lowest BCUT2D eigenvalue weighted by Gasteiger charge is -2.17. The van der Waals surface area contributed by atoms with Crippen molar-refractivity contribution in [3.8, 4) is 0 Å². The van der Waals surface area contributed by atoms with Crippen LogP contribution in [-0.2, 0) is 6.18 Å². The number of oxazole rings is 1. The largest absolute Gasteiger partial charge is 0.440 e. The number of hydrogen-bond donors (Lipinski definition) is 2. The second-order valence-corrected chi connectivity index (χ2v) is 6.65. The van der Waals surface area contributed by atoms with Crippen LogP contribution >= 0.6 is 0 Å². The summed E-state index contributed by atoms with van der Waals surface area (Å²) in [7, 11) is 0. The Balaban J connectivity index is 2.02. The van der Waals surface area contributed by atoms with Crippen LogP contribution < -0.4 is 5.32 Å². The molecule has 1 fully saturated rings. The third-order valence-electron chi connectivity index (χ3n) is 4.36. The Morgan fingerprint density at radius 2 is 2.08 bits per heavy atom. The van der Waals surface area contributed by atoms with E-state index in [0.29, 0.717) is 12.8 Å². The smallest absolute Gasteiger partial charge is 0.420 e. The van der Waals surface area contributed by atoms with Crippen molar-refractivity contribution in [1.82, 2.24) is 10.3 Å². The Morgan fingerprint density at radius 3 is 2.64 bits per heavy atom. The van der Waals surface area contributed by atoms with Crippen LogP contribution in [0.2, 0.25) is 0 Å². The molecule has 0 spiro atoms. The van der Waals surface area contributed by atoms with E-state index in [9.17, 15) is 23.1 Å². The standard InChI is InChI=1S/C17H19F3N2O3/c1-8(2)16-22-12-7-9(6-10(14(12)25-16)17(18,19)20)15(24)21-11-4-3-5-13(11)23/h6-8,11,13,23H,3-5H2,1-2H3,(H,21,24)/t11-,13+/m1/s1. The van der Waals surface area contributed by atoms with E-state index in [1.807, 2.05) is 0 Å². The summed E-state index contributed by atoms with van der Waals surface area (Å²) in [4.78, 5) is 16.4. The molecule has 0 aliphatic heterocycles. The fraction of sp³-hybridized carbons (Fsp3) is 0.529. The quantitative estimate of drug-likeness (QED) is 0.881. The maximum absolute atomic E-state index is 13.4. The number of halogens is 3. The summed E-state index contributed by atoms with van der Waals surface area (Å²) >= 11 is 0. The van der Waals surface area contributed by atoms with E-state index in [-0.39, 0.29) is 28.5 Å². The molecule has 1 aliphatic carbocycles. The highest BCUT2D eigenvalue weighted by Crippen LogP contribution is 2.37. The van der Waals surface area contributed by atoms with Gasteiger partial charge in [0.15, 0.2) is 11.5 Å². The van der Waals surface area contributed by atoms with E-state index in [0.717, 1.165) is 12.5 Å². The lowest BCUT2D eigenvalue weighted by Crippen LogP contribution is -2.39. The van der Waals surface area contributed by atoms with E-state index >= 15 is 0 Å². The van der Waals surface area contributed by atoms with Gasteiger partial charge in [0.25, 0.3) is 5.91 Å². The molecule has 1 aliphatic rings. The number of nitrogens with one attached hydrogen (secondary N) is 1. The number of hydrogen-bond acceptors (Lipinski definition) is 4. The lowest BCUT2D eigenvalue weighted by atomic mass is 10.1. The lowest BCUT2D eigenvalue weighted by molar-refractivity contribution is -0.136. The maximum Gasteiger partial charge on any atom is 0.420 e. The first-order valence-corrected chi connectivity index (χ1v) is 8.17. The van der Waals surface area contributed by atoms with Crippen LogP contribution in [0.4, 0.5) is 13.2 Å². The molecule has 5 nitrogen and oxygen atoms in total. The van der Waals surface area contributed by atoms with Gasteiger partial charge in [-0.05, 0) is 31.4 Å². The molecule has 3 rings (SSSR count). The zero-order valence-electron chi connectivity index (χ0n) is 13.9. The first kappa shape index (κ1) is 17.7. The number of amides is 1. The van der Waals surface area contributed by atoms with Gasteiger partial charge in [-0.15, -0.1) is 0 Å². The van der Waals surface area contributed by atoms with Gasteiger partial charge in [-0.3, -0.25) is 4.79 Å². The summed E-state index contributed by atoms with van der Waals surface area (Å²) in [5, 5.41) is 12.4. The molecule has 1 amide bonds. The zero-order chi connectivity index (χ0) is 18.4. The SMILES string of the molecule is CC(C)c1nc2cc(C(=O)N[C@@H]3CCC[C@@H]3O)cc(C(F)(F)F)c2o1. The van der Waals surface area contributed by atoms with E-state index in [1.54, 1.807) is 13.8 Å². The van der Waals surface area contributed by atoms with E-state index in [2.05, 4.69) is 10.3 Å². The number of alkyl halides is 3. The molecule has 2 atom stereocenters. The Labute approximate surface area is 142 Å². The number of fused-ring (bicyclic) bond motifs is 1. The average molecular weight is 356 g/mol. The number of carbonyl (C=O) groups is 1. The summed E-state index contributed by atoms with van der Waals surface area (Å²) in [5.74, 6) is -0.656. The number of benzene rings is 1. The normalized spacial score (nSPS) is 21.2. The molecule has 0 unspecified atom stereocenters. The zero-order valence-corrected chi connectivity index (χ0v) is 13.9. The molecule has 1 aromatic heterocycles. The molecule has 1 saturated carbocycles. The number of aliphatic hydroxyl groups excluding tert-OH is 1. The van der Waals surface area contributed by atoms with Crippen molar-refractivity contribution in [3.63, 3.8) is 0 Å². The predicted molar refractivity (Wildman–Crippen MR) is 84.2 cm³/mol. The van der Waals surface area contributed by atoms with Gasteiger partial charge >= 0.3 is 6.18 Å². The van der Waals surface area contributed by atoms with Crippen LogP contribution in [0.3, 0.4) is 0 Å². The minimum absolute atomic E-state index is 0.00403. The van der Waals surface area contributed by atoms with Crippen LogP contribution in [0, 0.1) is 0 Å². The molecule has 0 bridgehead atoms. The molecular formula is C17H19F3N2O3. The van der Waals surface area contributed by atoms with Crippen molar-refractivity contribution in [1.29, 1.82) is 0 Å². The van der Waals surface area contributed by atoms with Gasteiger partial charge in [-0.1, -0.05) is 13.8 Å². The molecule has 0 saturated heterocycles. The third-order valence-corrected chi connectivity index (χ3v) is 4.36. The Bertz CT molecular complexity index is 798. The van der Waals surface area contributed by atoms with Gasteiger partial charge < -0.3 is 14.8 Å². The number of aromatic nitrogens is 1. The molecule has 2 aromatic rings. The first-order chi connectivity index (χ1) is 11.7. The molecule has 8 heteroatoms. The summed E-state index contributed by atoms with van der Waals surface area (Å²) in [6.45, 7) is 3.51. The highest BCUT2D eigenvalue weighted by atomic mass is 19.4. The second kappa shape index (κ2) is 6.33. The third kappa shape index (κ3) is 3.49. The van der Waals surface area contributed by atoms with Gasteiger partial charge in [0, 0.05) is 11.5 Å². The summed E-state index contributed by atoms with van der Waals surface area (Å²) < 4.78 is 45.4. The number of aliphatic hydroxyl groups is 1. The van der Waals surface area contributed by atoms with Crippen molar-refractivity contribution >= 4 is 17.0 Å². The Morgan fingerprint density at radius 1 is 1.36 bits per heavy atom. The van der Waals surface area contributed by atoms with E-state index in [4.69, 9.17) is 4.42 Å². The molecular weight excluding hydrogens is 337 g/mol. The fourth-order valence-corrected chi connectivity index (χ4v) is 3.00. The van der Waals surface area contributed by atoms with Gasteiger partial charge in [0.05, 0.1) is 12.1 Å². The summed E-state index contributed by atoms with van der Waals surface area (Å²) in [6.07, 6.45) is -3.41. The van der Waals surface area contributed by atoms with Crippen LogP contribution in [0.25, 0.3) is 11.1 Å². The molecule has 2 N–H and O–H groups in total. The van der Waals surface area contributed by atoms with E-state index < -0.39 is 29.8 Å². The number of nitrogens with zero attached hydrogens (tertiary/aromatic N) is 1. The monoisotopic (exact) mass is 356 g/mol. The summed E-state index contributed by atoms with van der Waals surface area (Å²) in [5.41, 5.74) is -1.55. The number of carbonyl (C=O) groups excluding carboxylic acids is 1. The molecule has 25 heavy (non-hydrogen) atoms. The van der Waals surface area contributed by atoms with Crippen molar-refractivity contribution < 1.29 is 27.5 Å². The highest BCUT2D eigenvalue weighted by molar-refractivity contribution is 5.98. The van der Waals surface area contributed by atoms with Crippen LogP contribution in [-0.4, -0.2) is 28.1 Å². The fourth-order valence-electron chi connectivity index (χ4n) is 3.00. The number of rotatable bonds is 3. The van der Waals surface area contributed by atoms with Crippen LogP contribution in [0.5, 0.6) is 0 Å². The van der Waals surface area contributed by atoms with Crippen molar-refractivity contribution in [2.45, 2.75) is 57.3 Å². The van der Waals surface area contributed by atoms with Crippen LogP contribution in [0.1, 0.15) is 60.8 Å². The van der Waals surface area contributed by atoms with Gasteiger partial charge in [-0.2, -0.15) is 13.2 Å². The Kier molecular flexibility index (Phi) is 4.49. The van der Waals surface area contributed by atoms with Gasteiger partial charge in [0.2, 0.25) is 0 Å². The average Bonchev–Trinajstić information content (AvgIpc) is 3.11. The van der Waals surface area contributed by atoms with Crippen LogP contribution in [0.15, 0.2) is 16.5 Å². The molecule has 1 heterocycles. The first-order valence-electron chi connectivity index (χ1n) is 8.17. The van der Waals surface area contributed by atoms with Gasteiger partial charge in [0.1, 0.15) is 11.1 Å². The minimum atomic E-state index is -4.67. The Hall–Kier alpha value is -2.09. The topological polar surface area (TPSA) is 75.4 Å². The van der Waals surface area contributed by atoms with Gasteiger partial charge in [-0.25, -0.2) is 4.98 Å². The van der Waals surface area contributed by atoms with Crippen molar-refractivity contribution in [3.05, 3.63) is 29.2 Å². The molecule has 1 aromatic carbocycles. The summed E-state index contributed by atoms with van der Waals surface area (Å²) in [6, 6.07) is 1.62. The van der Waals surface area contributed by atoms with E-state index in [1.165, 1.54) is 6.07 Å².